The Kier molecular flexibility index (Phi) is 3.32. The molecule has 1 aromatic carbocycles. The van der Waals surface area contributed by atoms with Crippen molar-refractivity contribution in [3.63, 3.8) is 0 Å². The van der Waals surface area contributed by atoms with Crippen LogP contribution in [0, 0.1) is 6.92 Å². The van der Waals surface area contributed by atoms with Gasteiger partial charge >= 0.3 is 0 Å². The third-order valence-electron chi connectivity index (χ3n) is 2.69. The van der Waals surface area contributed by atoms with Gasteiger partial charge in [-0.05, 0) is 31.2 Å². The molecule has 1 heterocycles. The van der Waals surface area contributed by atoms with Crippen molar-refractivity contribution in [2.24, 2.45) is 7.05 Å². The van der Waals surface area contributed by atoms with Crippen LogP contribution in [0.4, 0.5) is 5.69 Å². The Morgan fingerprint density at radius 3 is 2.53 bits per heavy atom. The van der Waals surface area contributed by atoms with Crippen LogP contribution in [-0.2, 0) is 13.6 Å². The highest BCUT2D eigenvalue weighted by Crippen LogP contribution is 2.16. The lowest BCUT2D eigenvalue weighted by atomic mass is 10.2. The molecule has 0 aliphatic carbocycles. The fourth-order valence-electron chi connectivity index (χ4n) is 1.73. The number of hydrogen-bond donors (Lipinski definition) is 1. The molecule has 4 nitrogen and oxygen atoms in total. The molecule has 2 rings (SSSR count). The molecule has 17 heavy (non-hydrogen) atoms. The van der Waals surface area contributed by atoms with Crippen molar-refractivity contribution in [3.8, 4) is 5.75 Å². The molecule has 0 amide bonds. The molecule has 0 fully saturated rings. The number of methoxy groups -OCH3 is 1. The summed E-state index contributed by atoms with van der Waals surface area (Å²) in [4.78, 5) is 0. The summed E-state index contributed by atoms with van der Waals surface area (Å²) < 4.78 is 6.95. The number of nitrogens with one attached hydrogen (secondary N) is 1. The maximum absolute atomic E-state index is 5.11. The number of aryl methyl sites for hydroxylation is 2. The Morgan fingerprint density at radius 1 is 1.29 bits per heavy atom. The van der Waals surface area contributed by atoms with Crippen molar-refractivity contribution in [2.45, 2.75) is 13.5 Å². The van der Waals surface area contributed by atoms with Crippen molar-refractivity contribution in [1.29, 1.82) is 0 Å². The second kappa shape index (κ2) is 4.91. The first-order chi connectivity index (χ1) is 8.19. The van der Waals surface area contributed by atoms with Crippen LogP contribution in [-0.4, -0.2) is 16.9 Å². The molecule has 0 radical (unpaired) electrons. The molecule has 1 aromatic heterocycles. The third kappa shape index (κ3) is 2.78. The summed E-state index contributed by atoms with van der Waals surface area (Å²) in [6, 6.07) is 7.89. The average molecular weight is 231 g/mol. The van der Waals surface area contributed by atoms with Crippen LogP contribution in [0.3, 0.4) is 0 Å². The van der Waals surface area contributed by atoms with E-state index < -0.39 is 0 Å². The van der Waals surface area contributed by atoms with Gasteiger partial charge in [-0.15, -0.1) is 0 Å². The first-order valence-corrected chi connectivity index (χ1v) is 5.56. The molecule has 0 spiro atoms. The van der Waals surface area contributed by atoms with E-state index in [9.17, 15) is 0 Å². The summed E-state index contributed by atoms with van der Waals surface area (Å²) in [7, 11) is 3.60. The Hall–Kier alpha value is -1.97. The minimum atomic E-state index is 0.784. The number of anilines is 1. The number of aromatic nitrogens is 2. The fourth-order valence-corrected chi connectivity index (χ4v) is 1.73. The maximum atomic E-state index is 5.11. The van der Waals surface area contributed by atoms with Gasteiger partial charge in [0.15, 0.2) is 0 Å². The van der Waals surface area contributed by atoms with Crippen molar-refractivity contribution in [1.82, 2.24) is 9.78 Å². The van der Waals surface area contributed by atoms with E-state index in [-0.39, 0.29) is 0 Å². The van der Waals surface area contributed by atoms with E-state index in [1.165, 1.54) is 5.56 Å². The lowest BCUT2D eigenvalue weighted by Crippen LogP contribution is -1.99. The second-order valence-electron chi connectivity index (χ2n) is 4.00. The molecule has 0 bridgehead atoms. The molecule has 4 heteroatoms. The molecular formula is C13H17N3O. The molecule has 90 valence electrons. The quantitative estimate of drug-likeness (QED) is 0.878. The minimum absolute atomic E-state index is 0.784. The predicted molar refractivity (Wildman–Crippen MR) is 68.3 cm³/mol. The van der Waals surface area contributed by atoms with Crippen LogP contribution in [0.15, 0.2) is 30.5 Å². The van der Waals surface area contributed by atoms with Gasteiger partial charge in [0.25, 0.3) is 0 Å². The summed E-state index contributed by atoms with van der Waals surface area (Å²) in [5.41, 5.74) is 3.35. The van der Waals surface area contributed by atoms with E-state index in [1.54, 1.807) is 7.11 Å². The van der Waals surface area contributed by atoms with Gasteiger partial charge in [-0.1, -0.05) is 0 Å². The van der Waals surface area contributed by atoms with Gasteiger partial charge in [0.05, 0.1) is 12.8 Å². The zero-order valence-corrected chi connectivity index (χ0v) is 10.4. The number of ether oxygens (including phenoxy) is 1. The molecule has 0 aliphatic rings. The van der Waals surface area contributed by atoms with Gasteiger partial charge < -0.3 is 10.1 Å². The van der Waals surface area contributed by atoms with Crippen LogP contribution >= 0.6 is 0 Å². The average Bonchev–Trinajstić information content (AvgIpc) is 2.66. The summed E-state index contributed by atoms with van der Waals surface area (Å²) in [5.74, 6) is 0.869. The molecular weight excluding hydrogens is 214 g/mol. The zero-order valence-electron chi connectivity index (χ0n) is 10.4. The van der Waals surface area contributed by atoms with Gasteiger partial charge in [-0.3, -0.25) is 4.68 Å². The largest absolute Gasteiger partial charge is 0.497 e. The highest BCUT2D eigenvalue weighted by atomic mass is 16.5. The summed E-state index contributed by atoms with van der Waals surface area (Å²) >= 11 is 0. The predicted octanol–water partition coefficient (Wildman–Crippen LogP) is 2.35. The normalized spacial score (nSPS) is 10.3. The smallest absolute Gasteiger partial charge is 0.119 e. The van der Waals surface area contributed by atoms with Gasteiger partial charge in [0.1, 0.15) is 5.75 Å². The van der Waals surface area contributed by atoms with E-state index in [0.717, 1.165) is 23.7 Å². The van der Waals surface area contributed by atoms with Gasteiger partial charge in [-0.25, -0.2) is 0 Å². The lowest BCUT2D eigenvalue weighted by Gasteiger charge is -2.06. The first kappa shape index (κ1) is 11.5. The van der Waals surface area contributed by atoms with E-state index in [1.807, 2.05) is 49.1 Å². The van der Waals surface area contributed by atoms with Crippen LogP contribution in [0.1, 0.15) is 11.3 Å². The number of benzene rings is 1. The SMILES string of the molecule is COc1ccc(NCc2cn(C)nc2C)cc1. The van der Waals surface area contributed by atoms with E-state index >= 15 is 0 Å². The van der Waals surface area contributed by atoms with Crippen molar-refractivity contribution in [3.05, 3.63) is 41.7 Å². The van der Waals surface area contributed by atoms with Crippen molar-refractivity contribution in [2.75, 3.05) is 12.4 Å². The fraction of sp³-hybridized carbons (Fsp3) is 0.308. The van der Waals surface area contributed by atoms with E-state index in [4.69, 9.17) is 4.74 Å². The van der Waals surface area contributed by atoms with Gasteiger partial charge in [-0.2, -0.15) is 5.10 Å². The second-order valence-corrected chi connectivity index (χ2v) is 4.00. The van der Waals surface area contributed by atoms with E-state index in [0.29, 0.717) is 0 Å². The van der Waals surface area contributed by atoms with Gasteiger partial charge in [0.2, 0.25) is 0 Å². The van der Waals surface area contributed by atoms with Crippen LogP contribution < -0.4 is 10.1 Å². The Labute approximate surface area is 101 Å². The van der Waals surface area contributed by atoms with Crippen molar-refractivity contribution >= 4 is 5.69 Å². The highest BCUT2D eigenvalue weighted by Gasteiger charge is 2.02. The molecule has 0 unspecified atom stereocenters. The van der Waals surface area contributed by atoms with Crippen LogP contribution in [0.2, 0.25) is 0 Å². The molecule has 1 N–H and O–H groups in total. The Balaban J connectivity index is 1.99. The topological polar surface area (TPSA) is 39.1 Å². The molecule has 0 aliphatic heterocycles. The van der Waals surface area contributed by atoms with Crippen molar-refractivity contribution < 1.29 is 4.74 Å². The lowest BCUT2D eigenvalue weighted by molar-refractivity contribution is 0.415. The Morgan fingerprint density at radius 2 is 2.00 bits per heavy atom. The van der Waals surface area contributed by atoms with Crippen LogP contribution in [0.25, 0.3) is 0 Å². The standard InChI is InChI=1S/C13H17N3O/c1-10-11(9-16(2)15-10)8-14-12-4-6-13(17-3)7-5-12/h4-7,9,14H,8H2,1-3H3. The maximum Gasteiger partial charge on any atom is 0.119 e. The highest BCUT2D eigenvalue weighted by molar-refractivity contribution is 5.46. The number of nitrogens with zero attached hydrogens (tertiary/aromatic N) is 2. The number of rotatable bonds is 4. The monoisotopic (exact) mass is 231 g/mol. The minimum Gasteiger partial charge on any atom is -0.497 e. The summed E-state index contributed by atoms with van der Waals surface area (Å²) in [6.07, 6.45) is 2.03. The van der Waals surface area contributed by atoms with E-state index in [2.05, 4.69) is 10.4 Å². The molecule has 0 saturated carbocycles. The molecule has 0 atom stereocenters. The Bertz CT molecular complexity index is 488. The first-order valence-electron chi connectivity index (χ1n) is 5.56. The molecule has 0 saturated heterocycles. The molecule has 2 aromatic rings. The summed E-state index contributed by atoms with van der Waals surface area (Å²) in [5, 5.41) is 7.66. The number of hydrogen-bond acceptors (Lipinski definition) is 3. The van der Waals surface area contributed by atoms with Crippen LogP contribution in [0.5, 0.6) is 5.75 Å². The zero-order chi connectivity index (χ0) is 12.3. The van der Waals surface area contributed by atoms with Gasteiger partial charge in [0, 0.05) is 31.0 Å². The third-order valence-corrected chi connectivity index (χ3v) is 2.69. The summed E-state index contributed by atoms with van der Waals surface area (Å²) in [6.45, 7) is 2.80.